The molecule has 0 heterocycles. The maximum atomic E-state index is 13.3. The van der Waals surface area contributed by atoms with E-state index in [0.717, 1.165) is 56.4 Å². The van der Waals surface area contributed by atoms with Crippen LogP contribution >= 0.6 is 23.5 Å². The predicted molar refractivity (Wildman–Crippen MR) is 155 cm³/mol. The first kappa shape index (κ1) is 26.4. The van der Waals surface area contributed by atoms with E-state index in [1.54, 1.807) is 47.8 Å². The SMILES string of the molecule is Fc1ccc(Sc2ccccc2C=N[C@@H]2CCCC[C@H]2N=Cc2ccccc2Sc2ccc(F)cc2)cc1. The van der Waals surface area contributed by atoms with Crippen LogP contribution in [0.3, 0.4) is 0 Å². The number of aliphatic imine (C=N–C) groups is 2. The summed E-state index contributed by atoms with van der Waals surface area (Å²) < 4.78 is 26.6. The van der Waals surface area contributed by atoms with Gasteiger partial charge >= 0.3 is 0 Å². The normalized spacial score (nSPS) is 17.8. The minimum Gasteiger partial charge on any atom is -0.287 e. The van der Waals surface area contributed by atoms with Gasteiger partial charge < -0.3 is 0 Å². The van der Waals surface area contributed by atoms with Crippen molar-refractivity contribution in [2.45, 2.75) is 57.3 Å². The van der Waals surface area contributed by atoms with Crippen LogP contribution < -0.4 is 0 Å². The molecule has 0 aromatic heterocycles. The van der Waals surface area contributed by atoms with Crippen molar-refractivity contribution in [1.82, 2.24) is 0 Å². The monoisotopic (exact) mass is 542 g/mol. The number of hydrogen-bond acceptors (Lipinski definition) is 4. The Morgan fingerprint density at radius 3 is 1.37 bits per heavy atom. The van der Waals surface area contributed by atoms with Gasteiger partial charge in [0.05, 0.1) is 12.1 Å². The molecule has 1 saturated carbocycles. The van der Waals surface area contributed by atoms with E-state index in [1.807, 2.05) is 36.7 Å². The highest BCUT2D eigenvalue weighted by molar-refractivity contribution is 7.99. The van der Waals surface area contributed by atoms with E-state index in [2.05, 4.69) is 24.3 Å². The molecule has 0 amide bonds. The van der Waals surface area contributed by atoms with E-state index in [9.17, 15) is 8.78 Å². The summed E-state index contributed by atoms with van der Waals surface area (Å²) in [4.78, 5) is 14.2. The third-order valence-corrected chi connectivity index (χ3v) is 8.62. The van der Waals surface area contributed by atoms with Crippen molar-refractivity contribution in [3.8, 4) is 0 Å². The van der Waals surface area contributed by atoms with E-state index in [4.69, 9.17) is 9.98 Å². The summed E-state index contributed by atoms with van der Waals surface area (Å²) in [5, 5.41) is 0. The zero-order chi connectivity index (χ0) is 26.2. The number of rotatable bonds is 8. The quantitative estimate of drug-likeness (QED) is 0.207. The molecule has 1 aliphatic rings. The van der Waals surface area contributed by atoms with Gasteiger partial charge in [-0.3, -0.25) is 9.98 Å². The van der Waals surface area contributed by atoms with Gasteiger partial charge in [0.25, 0.3) is 0 Å². The Balaban J connectivity index is 1.31. The van der Waals surface area contributed by atoms with Crippen LogP contribution in [0.5, 0.6) is 0 Å². The van der Waals surface area contributed by atoms with Crippen LogP contribution in [-0.2, 0) is 0 Å². The number of hydrogen-bond donors (Lipinski definition) is 0. The van der Waals surface area contributed by atoms with Gasteiger partial charge in [0, 0.05) is 43.1 Å². The molecule has 1 aliphatic carbocycles. The minimum atomic E-state index is -0.232. The zero-order valence-corrected chi connectivity index (χ0v) is 22.5. The Hall–Kier alpha value is -3.22. The zero-order valence-electron chi connectivity index (χ0n) is 20.8. The van der Waals surface area contributed by atoms with Gasteiger partial charge in [-0.15, -0.1) is 0 Å². The van der Waals surface area contributed by atoms with Crippen molar-refractivity contribution in [1.29, 1.82) is 0 Å². The summed E-state index contributed by atoms with van der Waals surface area (Å²) >= 11 is 3.22. The van der Waals surface area contributed by atoms with Crippen LogP contribution in [0.1, 0.15) is 36.8 Å². The molecule has 5 rings (SSSR count). The van der Waals surface area contributed by atoms with Crippen LogP contribution in [-0.4, -0.2) is 24.5 Å². The van der Waals surface area contributed by atoms with Crippen molar-refractivity contribution < 1.29 is 8.78 Å². The number of halogens is 2. The molecule has 0 N–H and O–H groups in total. The fourth-order valence-electron chi connectivity index (χ4n) is 4.41. The van der Waals surface area contributed by atoms with Gasteiger partial charge in [-0.25, -0.2) is 8.78 Å². The molecule has 0 spiro atoms. The Labute approximate surface area is 231 Å². The van der Waals surface area contributed by atoms with Crippen LogP contribution in [0.2, 0.25) is 0 Å². The second-order valence-electron chi connectivity index (χ2n) is 9.16. The second-order valence-corrected chi connectivity index (χ2v) is 11.4. The highest BCUT2D eigenvalue weighted by Crippen LogP contribution is 2.32. The van der Waals surface area contributed by atoms with E-state index in [0.29, 0.717) is 0 Å². The third-order valence-electron chi connectivity index (χ3n) is 6.43. The maximum absolute atomic E-state index is 13.3. The maximum Gasteiger partial charge on any atom is 0.123 e. The highest BCUT2D eigenvalue weighted by atomic mass is 32.2. The minimum absolute atomic E-state index is 0.126. The van der Waals surface area contributed by atoms with E-state index < -0.39 is 0 Å². The molecule has 6 heteroatoms. The third kappa shape index (κ3) is 7.21. The molecule has 2 atom stereocenters. The topological polar surface area (TPSA) is 24.7 Å². The molecule has 0 saturated heterocycles. The highest BCUT2D eigenvalue weighted by Gasteiger charge is 2.23. The molecule has 4 aromatic rings. The van der Waals surface area contributed by atoms with Crippen LogP contribution in [0.4, 0.5) is 8.78 Å². The summed E-state index contributed by atoms with van der Waals surface area (Å²) in [5.41, 5.74) is 2.10. The lowest BCUT2D eigenvalue weighted by molar-refractivity contribution is 0.390. The molecular weight excluding hydrogens is 514 g/mol. The van der Waals surface area contributed by atoms with Gasteiger partial charge in [0.1, 0.15) is 11.6 Å². The Bertz CT molecular complexity index is 1290. The van der Waals surface area contributed by atoms with Crippen LogP contribution in [0.25, 0.3) is 0 Å². The van der Waals surface area contributed by atoms with Crippen molar-refractivity contribution in [3.05, 3.63) is 120 Å². The lowest BCUT2D eigenvalue weighted by atomic mass is 9.91. The predicted octanol–water partition coefficient (Wildman–Crippen LogP) is 9.12. The van der Waals surface area contributed by atoms with Gasteiger partial charge in [0.2, 0.25) is 0 Å². The standard InChI is InChI=1S/C32H28F2N2S2/c33-25-13-17-27(18-14-25)37-31-11-5-1-7-23(31)21-35-29-9-3-4-10-30(29)36-22-24-8-2-6-12-32(24)38-28-19-15-26(34)16-20-28/h1-2,5-8,11-22,29-30H,3-4,9-10H2/t29-,30-/m1/s1. The summed E-state index contributed by atoms with van der Waals surface area (Å²) in [6, 6.07) is 29.7. The lowest BCUT2D eigenvalue weighted by Crippen LogP contribution is -2.27. The van der Waals surface area contributed by atoms with E-state index in [1.165, 1.54) is 24.3 Å². The molecule has 0 unspecified atom stereocenters. The van der Waals surface area contributed by atoms with Gasteiger partial charge in [-0.2, -0.15) is 0 Å². The van der Waals surface area contributed by atoms with Crippen molar-refractivity contribution >= 4 is 36.0 Å². The fourth-order valence-corrected chi connectivity index (χ4v) is 6.23. The summed E-state index contributed by atoms with van der Waals surface area (Å²) in [6.07, 6.45) is 8.27. The molecule has 4 aromatic carbocycles. The number of benzene rings is 4. The van der Waals surface area contributed by atoms with E-state index >= 15 is 0 Å². The average Bonchev–Trinajstić information content (AvgIpc) is 2.95. The molecule has 0 bridgehead atoms. The van der Waals surface area contributed by atoms with Crippen molar-refractivity contribution in [2.75, 3.05) is 0 Å². The lowest BCUT2D eigenvalue weighted by Gasteiger charge is -2.25. The first-order valence-corrected chi connectivity index (χ1v) is 14.4. The smallest absolute Gasteiger partial charge is 0.123 e. The van der Waals surface area contributed by atoms with Crippen LogP contribution in [0.15, 0.2) is 127 Å². The van der Waals surface area contributed by atoms with Gasteiger partial charge in [-0.05, 0) is 73.5 Å². The Morgan fingerprint density at radius 2 is 0.947 bits per heavy atom. The molecule has 38 heavy (non-hydrogen) atoms. The molecule has 2 nitrogen and oxygen atoms in total. The largest absolute Gasteiger partial charge is 0.287 e. The van der Waals surface area contributed by atoms with Gasteiger partial charge in [0.15, 0.2) is 0 Å². The Morgan fingerprint density at radius 1 is 0.553 bits per heavy atom. The van der Waals surface area contributed by atoms with Gasteiger partial charge in [-0.1, -0.05) is 72.8 Å². The average molecular weight is 543 g/mol. The van der Waals surface area contributed by atoms with Crippen LogP contribution in [0, 0.1) is 11.6 Å². The fraction of sp³-hybridized carbons (Fsp3) is 0.188. The van der Waals surface area contributed by atoms with Crippen molar-refractivity contribution in [3.63, 3.8) is 0 Å². The summed E-state index contributed by atoms with van der Waals surface area (Å²) in [5.74, 6) is -0.463. The Kier molecular flexibility index (Phi) is 9.05. The molecule has 0 aliphatic heterocycles. The molecule has 192 valence electrons. The summed E-state index contributed by atoms with van der Waals surface area (Å²) in [6.45, 7) is 0. The van der Waals surface area contributed by atoms with Crippen molar-refractivity contribution in [2.24, 2.45) is 9.98 Å². The van der Waals surface area contributed by atoms with E-state index in [-0.39, 0.29) is 23.7 Å². The first-order valence-electron chi connectivity index (χ1n) is 12.8. The number of nitrogens with zero attached hydrogens (tertiary/aromatic N) is 2. The molecule has 0 radical (unpaired) electrons. The second kappa shape index (κ2) is 13.0. The molecular formula is C32H28F2N2S2. The summed E-state index contributed by atoms with van der Waals surface area (Å²) in [7, 11) is 0. The molecule has 1 fully saturated rings. The first-order chi connectivity index (χ1) is 18.6.